The van der Waals surface area contributed by atoms with Crippen molar-refractivity contribution < 1.29 is 9.53 Å². The van der Waals surface area contributed by atoms with Crippen LogP contribution in [0.4, 0.5) is 5.95 Å². The molecule has 5 nitrogen and oxygen atoms in total. The average Bonchev–Trinajstić information content (AvgIpc) is 2.52. The van der Waals surface area contributed by atoms with E-state index in [1.807, 2.05) is 44.2 Å². The van der Waals surface area contributed by atoms with Crippen molar-refractivity contribution >= 4 is 29.0 Å². The summed E-state index contributed by atoms with van der Waals surface area (Å²) in [6, 6.07) is 5.82. The lowest BCUT2D eigenvalue weighted by Gasteiger charge is -2.11. The summed E-state index contributed by atoms with van der Waals surface area (Å²) in [7, 11) is 0. The summed E-state index contributed by atoms with van der Waals surface area (Å²) >= 11 is 0. The Kier molecular flexibility index (Phi) is 5.25. The summed E-state index contributed by atoms with van der Waals surface area (Å²) < 4.78 is 5.86. The number of amides is 1. The molecular weight excluding hydrogens is 278 g/mol. The maximum Gasteiger partial charge on any atom is 0.229 e. The molecule has 2 aromatic rings. The topological polar surface area (TPSA) is 64.1 Å². The average molecular weight is 297 g/mol. The number of carbonyl (C=O) groups is 1. The van der Waals surface area contributed by atoms with Crippen molar-refractivity contribution in [2.75, 3.05) is 5.32 Å². The monoisotopic (exact) mass is 297 g/mol. The van der Waals surface area contributed by atoms with Crippen molar-refractivity contribution in [3.8, 4) is 0 Å². The van der Waals surface area contributed by atoms with Gasteiger partial charge >= 0.3 is 0 Å². The summed E-state index contributed by atoms with van der Waals surface area (Å²) in [5.74, 6) is 1.92. The zero-order chi connectivity index (χ0) is 15.9. The number of carbonyl (C=O) groups excluding carboxylic acids is 1. The van der Waals surface area contributed by atoms with Crippen LogP contribution in [0.3, 0.4) is 0 Å². The third-order valence-corrected chi connectivity index (χ3v) is 3.08. The number of hydrogen-bond acceptors (Lipinski definition) is 4. The second-order valence-electron chi connectivity index (χ2n) is 4.71. The molecule has 0 bridgehead atoms. The molecule has 1 aromatic heterocycles. The van der Waals surface area contributed by atoms with E-state index in [0.29, 0.717) is 6.41 Å². The highest BCUT2D eigenvalue weighted by Gasteiger charge is 2.06. The molecule has 1 heterocycles. The molecule has 0 aliphatic rings. The number of fused-ring (bicyclic) bond motifs is 1. The van der Waals surface area contributed by atoms with E-state index in [9.17, 15) is 4.79 Å². The predicted molar refractivity (Wildman–Crippen MR) is 88.0 cm³/mol. The zero-order valence-electron chi connectivity index (χ0n) is 13.0. The van der Waals surface area contributed by atoms with Crippen molar-refractivity contribution in [1.29, 1.82) is 0 Å². The highest BCUT2D eigenvalue weighted by atomic mass is 16.5. The van der Waals surface area contributed by atoms with Gasteiger partial charge in [0.05, 0.1) is 11.3 Å². The number of rotatable bonds is 6. The second-order valence-corrected chi connectivity index (χ2v) is 4.71. The van der Waals surface area contributed by atoms with Crippen molar-refractivity contribution in [2.45, 2.75) is 27.2 Å². The summed E-state index contributed by atoms with van der Waals surface area (Å²) in [4.78, 5) is 18.9. The molecule has 114 valence electrons. The number of aromatic nitrogens is 2. The molecule has 1 aromatic carbocycles. The van der Waals surface area contributed by atoms with Crippen LogP contribution in [0.2, 0.25) is 0 Å². The van der Waals surface area contributed by atoms with E-state index < -0.39 is 0 Å². The van der Waals surface area contributed by atoms with E-state index >= 15 is 0 Å². The van der Waals surface area contributed by atoms with Gasteiger partial charge in [-0.1, -0.05) is 19.1 Å². The summed E-state index contributed by atoms with van der Waals surface area (Å²) in [6.45, 7) is 5.93. The van der Waals surface area contributed by atoms with E-state index in [1.165, 1.54) is 0 Å². The Morgan fingerprint density at radius 2 is 2.23 bits per heavy atom. The van der Waals surface area contributed by atoms with Gasteiger partial charge in [0.1, 0.15) is 5.76 Å². The van der Waals surface area contributed by atoms with Crippen LogP contribution in [-0.2, 0) is 9.53 Å². The molecule has 0 radical (unpaired) electrons. The second kappa shape index (κ2) is 7.36. The van der Waals surface area contributed by atoms with Crippen molar-refractivity contribution in [3.63, 3.8) is 0 Å². The van der Waals surface area contributed by atoms with E-state index in [4.69, 9.17) is 4.74 Å². The normalized spacial score (nSPS) is 12.3. The minimum Gasteiger partial charge on any atom is -0.462 e. The highest BCUT2D eigenvalue weighted by Crippen LogP contribution is 2.23. The maximum atomic E-state index is 10.5. The first-order valence-electron chi connectivity index (χ1n) is 7.16. The number of anilines is 1. The van der Waals surface area contributed by atoms with Crippen LogP contribution in [0.5, 0.6) is 0 Å². The molecular formula is C17H19N3O2. The number of benzene rings is 1. The zero-order valence-corrected chi connectivity index (χ0v) is 13.0. The Labute approximate surface area is 129 Å². The van der Waals surface area contributed by atoms with Gasteiger partial charge in [-0.25, -0.2) is 9.97 Å². The lowest BCUT2D eigenvalue weighted by atomic mass is 10.1. The number of hydrogen-bond donors (Lipinski definition) is 1. The largest absolute Gasteiger partial charge is 0.462 e. The molecule has 1 amide bonds. The van der Waals surface area contributed by atoms with Gasteiger partial charge in [-0.15, -0.1) is 0 Å². The molecule has 0 aliphatic carbocycles. The van der Waals surface area contributed by atoms with Crippen LogP contribution >= 0.6 is 0 Å². The van der Waals surface area contributed by atoms with Crippen LogP contribution in [0.25, 0.3) is 16.7 Å². The predicted octanol–water partition coefficient (Wildman–Crippen LogP) is 3.89. The number of allylic oxidation sites excluding steroid dienone is 3. The lowest BCUT2D eigenvalue weighted by Crippen LogP contribution is -2.00. The molecule has 0 spiro atoms. The molecule has 5 heteroatoms. The molecule has 0 atom stereocenters. The standard InChI is InChI=1S/C17H19N3O2/c1-4-6-12(3)22-16(5-2)13-7-8-14-10-18-17(19-11-21)20-15(14)9-13/h5-11H,4H2,1-3H3,(H,18,19,20,21)/b12-6+,16-5-. The summed E-state index contributed by atoms with van der Waals surface area (Å²) in [5, 5.41) is 3.35. The van der Waals surface area contributed by atoms with Gasteiger partial charge in [0, 0.05) is 17.1 Å². The number of nitrogens with one attached hydrogen (secondary N) is 1. The Morgan fingerprint density at radius 3 is 2.91 bits per heavy atom. The van der Waals surface area contributed by atoms with E-state index in [-0.39, 0.29) is 5.95 Å². The molecule has 0 fully saturated rings. The fourth-order valence-corrected chi connectivity index (χ4v) is 2.09. The molecule has 2 rings (SSSR count). The van der Waals surface area contributed by atoms with Crippen molar-refractivity contribution in [2.24, 2.45) is 0 Å². The fourth-order valence-electron chi connectivity index (χ4n) is 2.09. The molecule has 0 aliphatic heterocycles. The molecule has 22 heavy (non-hydrogen) atoms. The van der Waals surface area contributed by atoms with Gasteiger partial charge in [-0.2, -0.15) is 0 Å². The van der Waals surface area contributed by atoms with Crippen LogP contribution < -0.4 is 5.32 Å². The first kappa shape index (κ1) is 15.7. The quantitative estimate of drug-likeness (QED) is 0.649. The Balaban J connectivity index is 2.37. The van der Waals surface area contributed by atoms with Crippen LogP contribution in [0.1, 0.15) is 32.8 Å². The highest BCUT2D eigenvalue weighted by molar-refractivity contribution is 5.83. The van der Waals surface area contributed by atoms with Gasteiger partial charge < -0.3 is 4.74 Å². The maximum absolute atomic E-state index is 10.5. The van der Waals surface area contributed by atoms with E-state index in [1.54, 1.807) is 6.20 Å². The Bertz CT molecular complexity index is 736. The molecule has 1 N–H and O–H groups in total. The van der Waals surface area contributed by atoms with Crippen molar-refractivity contribution in [3.05, 3.63) is 47.9 Å². The smallest absolute Gasteiger partial charge is 0.229 e. The van der Waals surface area contributed by atoms with Gasteiger partial charge in [-0.3, -0.25) is 10.1 Å². The molecule has 0 saturated heterocycles. The fraction of sp³-hybridized carbons (Fsp3) is 0.235. The van der Waals surface area contributed by atoms with Crippen LogP contribution in [0.15, 0.2) is 42.3 Å². The minimum absolute atomic E-state index is 0.282. The number of ether oxygens (including phenoxy) is 1. The minimum atomic E-state index is 0.282. The molecule has 0 unspecified atom stereocenters. The first-order valence-corrected chi connectivity index (χ1v) is 7.16. The van der Waals surface area contributed by atoms with E-state index in [2.05, 4.69) is 22.2 Å². The van der Waals surface area contributed by atoms with Gasteiger partial charge in [0.25, 0.3) is 0 Å². The van der Waals surface area contributed by atoms with Gasteiger partial charge in [-0.05, 0) is 38.5 Å². The van der Waals surface area contributed by atoms with Crippen LogP contribution in [0, 0.1) is 0 Å². The first-order chi connectivity index (χ1) is 10.7. The van der Waals surface area contributed by atoms with E-state index in [0.717, 1.165) is 34.4 Å². The summed E-state index contributed by atoms with van der Waals surface area (Å²) in [5.41, 5.74) is 1.67. The Morgan fingerprint density at radius 1 is 1.41 bits per heavy atom. The third-order valence-electron chi connectivity index (χ3n) is 3.08. The summed E-state index contributed by atoms with van der Waals surface area (Å²) in [6.07, 6.45) is 7.11. The SMILES string of the molecule is C/C=C(\O/C(C)=C/CC)c1ccc2cnc(NC=O)nc2c1. The molecule has 0 saturated carbocycles. The lowest BCUT2D eigenvalue weighted by molar-refractivity contribution is -0.105. The Hall–Kier alpha value is -2.69. The van der Waals surface area contributed by atoms with Gasteiger partial charge in [0.2, 0.25) is 12.4 Å². The van der Waals surface area contributed by atoms with Crippen molar-refractivity contribution in [1.82, 2.24) is 9.97 Å². The third kappa shape index (κ3) is 3.69. The van der Waals surface area contributed by atoms with Gasteiger partial charge in [0.15, 0.2) is 0 Å². The number of nitrogens with zero attached hydrogens (tertiary/aromatic N) is 2. The van der Waals surface area contributed by atoms with Crippen LogP contribution in [-0.4, -0.2) is 16.4 Å².